The van der Waals surface area contributed by atoms with Crippen LogP contribution in [-0.4, -0.2) is 24.0 Å². The van der Waals surface area contributed by atoms with Crippen molar-refractivity contribution in [3.63, 3.8) is 0 Å². The second-order valence-corrected chi connectivity index (χ2v) is 4.76. The van der Waals surface area contributed by atoms with Gasteiger partial charge in [-0.1, -0.05) is 12.1 Å². The van der Waals surface area contributed by atoms with Gasteiger partial charge in [0.05, 0.1) is 10.5 Å². The van der Waals surface area contributed by atoms with Crippen LogP contribution >= 0.6 is 0 Å². The number of hydrogen-bond acceptors (Lipinski definition) is 5. The number of hydrogen-bond donors (Lipinski definition) is 1. The summed E-state index contributed by atoms with van der Waals surface area (Å²) in [5.74, 6) is 0.167. The van der Waals surface area contributed by atoms with Crippen molar-refractivity contribution >= 4 is 16.9 Å². The molecule has 1 N–H and O–H groups in total. The van der Waals surface area contributed by atoms with Crippen LogP contribution in [-0.2, 0) is 14.1 Å². The van der Waals surface area contributed by atoms with Crippen molar-refractivity contribution < 1.29 is 4.92 Å². The molecule has 3 rings (SSSR count). The zero-order chi connectivity index (χ0) is 16.0. The molecule has 2 heterocycles. The number of aryl methyl sites for hydroxylation is 1. The van der Waals surface area contributed by atoms with Gasteiger partial charge in [0.2, 0.25) is 0 Å². The van der Waals surface area contributed by atoms with Gasteiger partial charge in [0.25, 0.3) is 11.2 Å². The van der Waals surface area contributed by atoms with Crippen molar-refractivity contribution in [3.05, 3.63) is 55.2 Å². The van der Waals surface area contributed by atoms with E-state index in [2.05, 4.69) is 9.97 Å². The number of nitrogens with zero attached hydrogens (tertiary/aromatic N) is 4. The van der Waals surface area contributed by atoms with Crippen LogP contribution < -0.4 is 11.2 Å². The molecule has 1 aromatic carbocycles. The van der Waals surface area contributed by atoms with E-state index in [1.54, 1.807) is 12.1 Å². The third kappa shape index (κ3) is 1.83. The highest BCUT2D eigenvalue weighted by atomic mass is 16.6. The summed E-state index contributed by atoms with van der Waals surface area (Å²) in [6.07, 6.45) is 0. The molecule has 0 saturated heterocycles. The summed E-state index contributed by atoms with van der Waals surface area (Å²) in [4.78, 5) is 41.5. The first-order valence-corrected chi connectivity index (χ1v) is 6.31. The van der Waals surface area contributed by atoms with Crippen molar-refractivity contribution in [1.82, 2.24) is 19.1 Å². The summed E-state index contributed by atoms with van der Waals surface area (Å²) >= 11 is 0. The van der Waals surface area contributed by atoms with Crippen LogP contribution in [0.5, 0.6) is 0 Å². The maximum Gasteiger partial charge on any atom is 0.332 e. The minimum absolute atomic E-state index is 0.123. The molecule has 0 aliphatic rings. The largest absolute Gasteiger partial charge is 0.332 e. The van der Waals surface area contributed by atoms with Crippen molar-refractivity contribution in [2.75, 3.05) is 0 Å². The highest BCUT2D eigenvalue weighted by Gasteiger charge is 2.20. The Morgan fingerprint density at radius 1 is 1.18 bits per heavy atom. The number of rotatable bonds is 2. The lowest BCUT2D eigenvalue weighted by atomic mass is 10.2. The van der Waals surface area contributed by atoms with Gasteiger partial charge in [0, 0.05) is 20.2 Å². The lowest BCUT2D eigenvalue weighted by Gasteiger charge is -2.00. The maximum absolute atomic E-state index is 12.1. The Morgan fingerprint density at radius 3 is 2.55 bits per heavy atom. The van der Waals surface area contributed by atoms with E-state index in [1.165, 1.54) is 30.8 Å². The van der Waals surface area contributed by atoms with Gasteiger partial charge in [0.1, 0.15) is 11.3 Å². The third-order valence-corrected chi connectivity index (χ3v) is 3.45. The molecular formula is C13H11N5O4. The molecule has 22 heavy (non-hydrogen) atoms. The fraction of sp³-hybridized carbons (Fsp3) is 0.154. The molecule has 9 heteroatoms. The topological polar surface area (TPSA) is 116 Å². The molecule has 2 aromatic heterocycles. The van der Waals surface area contributed by atoms with Gasteiger partial charge >= 0.3 is 5.69 Å². The van der Waals surface area contributed by atoms with E-state index in [1.807, 2.05) is 0 Å². The third-order valence-electron chi connectivity index (χ3n) is 3.45. The van der Waals surface area contributed by atoms with Crippen molar-refractivity contribution in [2.45, 2.75) is 0 Å². The normalized spacial score (nSPS) is 11.0. The van der Waals surface area contributed by atoms with Gasteiger partial charge in [0.15, 0.2) is 5.65 Å². The van der Waals surface area contributed by atoms with Gasteiger partial charge in [-0.05, 0) is 6.07 Å². The lowest BCUT2D eigenvalue weighted by molar-refractivity contribution is -0.384. The maximum atomic E-state index is 12.1. The minimum Gasteiger partial charge on any atom is -0.332 e. The number of aromatic amines is 1. The molecule has 0 saturated carbocycles. The molecule has 0 unspecified atom stereocenters. The smallest absolute Gasteiger partial charge is 0.332 e. The summed E-state index contributed by atoms with van der Waals surface area (Å²) < 4.78 is 2.16. The second-order valence-electron chi connectivity index (χ2n) is 4.76. The average molecular weight is 301 g/mol. The van der Waals surface area contributed by atoms with E-state index < -0.39 is 16.2 Å². The van der Waals surface area contributed by atoms with Crippen molar-refractivity contribution in [2.24, 2.45) is 14.1 Å². The van der Waals surface area contributed by atoms with Crippen LogP contribution in [0.3, 0.4) is 0 Å². The van der Waals surface area contributed by atoms with Crippen LogP contribution in [0.4, 0.5) is 5.69 Å². The number of nitro groups is 1. The summed E-state index contributed by atoms with van der Waals surface area (Å²) in [7, 11) is 2.84. The highest BCUT2D eigenvalue weighted by Crippen LogP contribution is 2.27. The first-order chi connectivity index (χ1) is 10.4. The molecular weight excluding hydrogens is 290 g/mol. The molecule has 0 fully saturated rings. The highest BCUT2D eigenvalue weighted by molar-refractivity contribution is 5.78. The predicted molar refractivity (Wildman–Crippen MR) is 78.7 cm³/mol. The van der Waals surface area contributed by atoms with Crippen molar-refractivity contribution in [1.29, 1.82) is 0 Å². The van der Waals surface area contributed by atoms with E-state index in [-0.39, 0.29) is 28.2 Å². The minimum atomic E-state index is -0.532. The SMILES string of the molecule is Cn1c(=O)c2[nH]c(-c3ccccc3[N+](=O)[O-])nc2n(C)c1=O. The first kappa shape index (κ1) is 13.7. The number of para-hydroxylation sites is 1. The Hall–Kier alpha value is -3.23. The zero-order valence-electron chi connectivity index (χ0n) is 11.7. The number of H-pyrrole nitrogens is 1. The molecule has 0 amide bonds. The average Bonchev–Trinajstić information content (AvgIpc) is 2.96. The van der Waals surface area contributed by atoms with Crippen LogP contribution in [0.15, 0.2) is 33.9 Å². The molecule has 0 spiro atoms. The van der Waals surface area contributed by atoms with E-state index in [4.69, 9.17) is 0 Å². The van der Waals surface area contributed by atoms with E-state index in [0.29, 0.717) is 0 Å². The molecule has 112 valence electrons. The van der Waals surface area contributed by atoms with Crippen molar-refractivity contribution in [3.8, 4) is 11.4 Å². The monoisotopic (exact) mass is 301 g/mol. The van der Waals surface area contributed by atoms with Crippen LogP contribution in [0.1, 0.15) is 0 Å². The molecule has 0 bridgehead atoms. The quantitative estimate of drug-likeness (QED) is 0.547. The molecule has 0 aliphatic heterocycles. The second kappa shape index (κ2) is 4.65. The number of nitrogens with one attached hydrogen (secondary N) is 1. The van der Waals surface area contributed by atoms with Crippen LogP contribution in [0.25, 0.3) is 22.6 Å². The van der Waals surface area contributed by atoms with E-state index in [9.17, 15) is 19.7 Å². The number of imidazole rings is 1. The molecule has 0 radical (unpaired) electrons. The van der Waals surface area contributed by atoms with Gasteiger partial charge in [-0.25, -0.2) is 9.78 Å². The van der Waals surface area contributed by atoms with E-state index in [0.717, 1.165) is 4.57 Å². The molecule has 9 nitrogen and oxygen atoms in total. The Bertz CT molecular complexity index is 1030. The Morgan fingerprint density at radius 2 is 1.86 bits per heavy atom. The van der Waals surface area contributed by atoms with Gasteiger partial charge in [-0.2, -0.15) is 0 Å². The molecule has 0 atom stereocenters. The zero-order valence-corrected chi connectivity index (χ0v) is 11.7. The number of aromatic nitrogens is 4. The standard InChI is InChI=1S/C13H11N5O4/c1-16-11-9(12(19)17(2)13(16)20)14-10(15-11)7-5-3-4-6-8(7)18(21)22/h3-6H,1-2H3,(H,14,15). The van der Waals surface area contributed by atoms with Crippen LogP contribution in [0.2, 0.25) is 0 Å². The van der Waals surface area contributed by atoms with Gasteiger partial charge in [-0.15, -0.1) is 0 Å². The molecule has 0 aliphatic carbocycles. The van der Waals surface area contributed by atoms with Crippen LogP contribution in [0, 0.1) is 10.1 Å². The Labute approximate surface area is 122 Å². The Balaban J connectivity index is 2.39. The lowest BCUT2D eigenvalue weighted by Crippen LogP contribution is -2.36. The number of fused-ring (bicyclic) bond motifs is 1. The summed E-state index contributed by atoms with van der Waals surface area (Å²) in [6, 6.07) is 6.05. The summed E-state index contributed by atoms with van der Waals surface area (Å²) in [6.45, 7) is 0. The van der Waals surface area contributed by atoms with E-state index >= 15 is 0 Å². The Kier molecular flexibility index (Phi) is 2.91. The van der Waals surface area contributed by atoms with Gasteiger partial charge < -0.3 is 4.98 Å². The fourth-order valence-corrected chi connectivity index (χ4v) is 2.29. The summed E-state index contributed by atoms with van der Waals surface area (Å²) in [5, 5.41) is 11.1. The predicted octanol–water partition coefficient (Wildman–Crippen LogP) is 0.535. The fourth-order valence-electron chi connectivity index (χ4n) is 2.29. The number of benzene rings is 1. The first-order valence-electron chi connectivity index (χ1n) is 6.31. The van der Waals surface area contributed by atoms with Gasteiger partial charge in [-0.3, -0.25) is 24.0 Å². The summed E-state index contributed by atoms with van der Waals surface area (Å²) in [5.41, 5.74) is -0.658. The molecule has 3 aromatic rings. The number of nitro benzene ring substituents is 1.